The molecule has 1 amide bonds. The smallest absolute Gasteiger partial charge is 0.339 e. The molecule has 0 bridgehead atoms. The first-order chi connectivity index (χ1) is 17.0. The molecule has 174 valence electrons. The van der Waals surface area contributed by atoms with E-state index in [9.17, 15) is 9.59 Å². The third kappa shape index (κ3) is 4.50. The van der Waals surface area contributed by atoms with E-state index in [1.807, 2.05) is 54.7 Å². The highest BCUT2D eigenvalue weighted by Crippen LogP contribution is 2.38. The quantitative estimate of drug-likeness (QED) is 0.171. The van der Waals surface area contributed by atoms with Gasteiger partial charge in [0.15, 0.2) is 4.32 Å². The first-order valence-corrected chi connectivity index (χ1v) is 12.3. The Morgan fingerprint density at radius 2 is 1.77 bits per heavy atom. The van der Waals surface area contributed by atoms with Gasteiger partial charge < -0.3 is 9.30 Å². The van der Waals surface area contributed by atoms with Crippen LogP contribution in [0.3, 0.4) is 0 Å². The van der Waals surface area contributed by atoms with E-state index in [4.69, 9.17) is 28.6 Å². The van der Waals surface area contributed by atoms with E-state index in [1.54, 1.807) is 24.3 Å². The van der Waals surface area contributed by atoms with Gasteiger partial charge in [0.1, 0.15) is 0 Å². The zero-order valence-corrected chi connectivity index (χ0v) is 21.0. The monoisotopic (exact) mass is 518 g/mol. The predicted octanol–water partition coefficient (Wildman–Crippen LogP) is 6.54. The molecule has 0 atom stereocenters. The average Bonchev–Trinajstić information content (AvgIpc) is 3.36. The molecular weight excluding hydrogens is 500 g/mol. The van der Waals surface area contributed by atoms with Gasteiger partial charge in [-0.15, -0.1) is 0 Å². The summed E-state index contributed by atoms with van der Waals surface area (Å²) in [7, 11) is 1.31. The standard InChI is InChI=1S/C27H19ClN2O3S2/c1-33-26(32)21-7-3-5-9-23(21)30-25(31)24(35-27(30)34)14-18-16-29(22-8-4-2-6-20(18)22)15-17-10-12-19(28)13-11-17/h2-14,16H,15H2,1H3/b24-14+. The number of anilines is 1. The van der Waals surface area contributed by atoms with Crippen LogP contribution in [-0.4, -0.2) is 27.9 Å². The minimum Gasteiger partial charge on any atom is -0.465 e. The summed E-state index contributed by atoms with van der Waals surface area (Å²) >= 11 is 12.8. The molecule has 0 unspecified atom stereocenters. The lowest BCUT2D eigenvalue weighted by atomic mass is 10.1. The number of hydrogen-bond acceptors (Lipinski definition) is 5. The number of para-hydroxylation sites is 2. The molecule has 5 nitrogen and oxygen atoms in total. The predicted molar refractivity (Wildman–Crippen MR) is 146 cm³/mol. The number of thiocarbonyl (C=S) groups is 1. The van der Waals surface area contributed by atoms with Gasteiger partial charge >= 0.3 is 5.97 Å². The zero-order valence-electron chi connectivity index (χ0n) is 18.6. The molecule has 0 radical (unpaired) electrons. The topological polar surface area (TPSA) is 51.5 Å². The van der Waals surface area contributed by atoms with Crippen molar-refractivity contribution in [1.29, 1.82) is 0 Å². The van der Waals surface area contributed by atoms with E-state index in [0.717, 1.165) is 22.0 Å². The molecule has 1 fully saturated rings. The molecule has 0 saturated carbocycles. The second-order valence-electron chi connectivity index (χ2n) is 7.88. The number of ether oxygens (including phenoxy) is 1. The highest BCUT2D eigenvalue weighted by molar-refractivity contribution is 8.27. The number of nitrogens with zero attached hydrogens (tertiary/aromatic N) is 2. The molecule has 0 spiro atoms. The first kappa shape index (κ1) is 23.4. The fourth-order valence-electron chi connectivity index (χ4n) is 4.08. The van der Waals surface area contributed by atoms with Crippen molar-refractivity contribution in [3.8, 4) is 0 Å². The lowest BCUT2D eigenvalue weighted by Crippen LogP contribution is -2.29. The maximum Gasteiger partial charge on any atom is 0.339 e. The normalized spacial score (nSPS) is 14.8. The van der Waals surface area contributed by atoms with Crippen LogP contribution in [0, 0.1) is 0 Å². The Hall–Kier alpha value is -3.39. The molecule has 5 rings (SSSR count). The summed E-state index contributed by atoms with van der Waals surface area (Å²) in [6.45, 7) is 0.666. The highest BCUT2D eigenvalue weighted by Gasteiger charge is 2.35. The second-order valence-corrected chi connectivity index (χ2v) is 9.99. The number of aromatic nitrogens is 1. The van der Waals surface area contributed by atoms with Crippen LogP contribution in [0.4, 0.5) is 5.69 Å². The molecule has 1 saturated heterocycles. The van der Waals surface area contributed by atoms with Crippen molar-refractivity contribution in [2.75, 3.05) is 12.0 Å². The van der Waals surface area contributed by atoms with Gasteiger partial charge in [0.05, 0.1) is 23.3 Å². The number of hydrogen-bond donors (Lipinski definition) is 0. The summed E-state index contributed by atoms with van der Waals surface area (Å²) in [5.41, 5.74) is 3.78. The Balaban J connectivity index is 1.52. The van der Waals surface area contributed by atoms with Crippen LogP contribution >= 0.6 is 35.6 Å². The number of rotatable bonds is 5. The molecule has 8 heteroatoms. The maximum atomic E-state index is 13.4. The molecule has 35 heavy (non-hydrogen) atoms. The van der Waals surface area contributed by atoms with Crippen LogP contribution in [0.1, 0.15) is 21.5 Å². The highest BCUT2D eigenvalue weighted by atomic mass is 35.5. The number of carbonyl (C=O) groups is 2. The van der Waals surface area contributed by atoms with Crippen molar-refractivity contribution >= 4 is 74.4 Å². The minimum absolute atomic E-state index is 0.272. The van der Waals surface area contributed by atoms with E-state index in [0.29, 0.717) is 26.5 Å². The molecule has 4 aromatic rings. The Kier molecular flexibility index (Phi) is 6.47. The van der Waals surface area contributed by atoms with Gasteiger partial charge in [-0.2, -0.15) is 0 Å². The molecule has 1 aromatic heterocycles. The van der Waals surface area contributed by atoms with Gasteiger partial charge in [-0.3, -0.25) is 9.69 Å². The summed E-state index contributed by atoms with van der Waals surface area (Å²) in [5.74, 6) is -0.796. The SMILES string of the molecule is COC(=O)c1ccccc1N1C(=O)/C(=C\c2cn(Cc3ccc(Cl)cc3)c3ccccc23)SC1=S. The van der Waals surface area contributed by atoms with Crippen LogP contribution in [0.15, 0.2) is 83.9 Å². The summed E-state index contributed by atoms with van der Waals surface area (Å²) in [6, 6.07) is 22.6. The van der Waals surface area contributed by atoms with Crippen molar-refractivity contribution in [2.24, 2.45) is 0 Å². The van der Waals surface area contributed by atoms with Gasteiger partial charge in [0.2, 0.25) is 0 Å². The van der Waals surface area contributed by atoms with Crippen LogP contribution in [-0.2, 0) is 16.1 Å². The fraction of sp³-hybridized carbons (Fsp3) is 0.0741. The summed E-state index contributed by atoms with van der Waals surface area (Å²) in [4.78, 5) is 27.6. The van der Waals surface area contributed by atoms with Crippen LogP contribution in [0.2, 0.25) is 5.02 Å². The van der Waals surface area contributed by atoms with E-state index in [-0.39, 0.29) is 11.5 Å². The number of thioether (sulfide) groups is 1. The van der Waals surface area contributed by atoms with Crippen molar-refractivity contribution in [2.45, 2.75) is 6.54 Å². The lowest BCUT2D eigenvalue weighted by molar-refractivity contribution is -0.113. The molecule has 3 aromatic carbocycles. The largest absolute Gasteiger partial charge is 0.465 e. The molecule has 1 aliphatic heterocycles. The van der Waals surface area contributed by atoms with E-state index < -0.39 is 5.97 Å². The third-order valence-electron chi connectivity index (χ3n) is 5.72. The van der Waals surface area contributed by atoms with Crippen molar-refractivity contribution in [3.05, 3.63) is 106 Å². The van der Waals surface area contributed by atoms with Crippen molar-refractivity contribution in [1.82, 2.24) is 4.57 Å². The van der Waals surface area contributed by atoms with E-state index >= 15 is 0 Å². The van der Waals surface area contributed by atoms with E-state index in [1.165, 1.54) is 23.8 Å². The molecule has 2 heterocycles. The summed E-state index contributed by atoms with van der Waals surface area (Å²) in [5, 5.41) is 1.73. The number of halogens is 1. The Morgan fingerprint density at radius 3 is 2.54 bits per heavy atom. The molecule has 0 aliphatic carbocycles. The number of fused-ring (bicyclic) bond motifs is 1. The van der Waals surface area contributed by atoms with Gasteiger partial charge in [0.25, 0.3) is 5.91 Å². The third-order valence-corrected chi connectivity index (χ3v) is 7.27. The first-order valence-electron chi connectivity index (χ1n) is 10.7. The van der Waals surface area contributed by atoms with Gasteiger partial charge in [-0.1, -0.05) is 78.0 Å². The van der Waals surface area contributed by atoms with Crippen molar-refractivity contribution < 1.29 is 14.3 Å². The number of benzene rings is 3. The number of carbonyl (C=O) groups excluding carboxylic acids is 2. The number of amides is 1. The second kappa shape index (κ2) is 9.70. The minimum atomic E-state index is -0.524. The number of methoxy groups -OCH3 is 1. The van der Waals surface area contributed by atoms with Gasteiger partial charge in [-0.05, 0) is 42.0 Å². The Labute approximate surface area is 216 Å². The van der Waals surface area contributed by atoms with Crippen LogP contribution < -0.4 is 4.90 Å². The van der Waals surface area contributed by atoms with Crippen LogP contribution in [0.5, 0.6) is 0 Å². The van der Waals surface area contributed by atoms with Gasteiger partial charge in [-0.25, -0.2) is 4.79 Å². The maximum absolute atomic E-state index is 13.4. The Morgan fingerprint density at radius 1 is 1.06 bits per heavy atom. The average molecular weight is 519 g/mol. The molecule has 0 N–H and O–H groups in total. The van der Waals surface area contributed by atoms with Gasteiger partial charge in [0, 0.05) is 34.2 Å². The lowest BCUT2D eigenvalue weighted by Gasteiger charge is -2.17. The number of esters is 1. The molecule has 1 aliphatic rings. The summed E-state index contributed by atoms with van der Waals surface area (Å²) in [6.07, 6.45) is 3.90. The van der Waals surface area contributed by atoms with Crippen molar-refractivity contribution in [3.63, 3.8) is 0 Å². The zero-order chi connectivity index (χ0) is 24.5. The Bertz CT molecular complexity index is 1510. The molecular formula is C27H19ClN2O3S2. The van der Waals surface area contributed by atoms with Crippen LogP contribution in [0.25, 0.3) is 17.0 Å². The van der Waals surface area contributed by atoms with E-state index in [2.05, 4.69) is 10.6 Å². The summed E-state index contributed by atoms with van der Waals surface area (Å²) < 4.78 is 7.40. The fourth-order valence-corrected chi connectivity index (χ4v) is 5.48.